The number of hydrazine groups is 1. The van der Waals surface area contributed by atoms with Gasteiger partial charge in [0.2, 0.25) is 15.9 Å². The van der Waals surface area contributed by atoms with Gasteiger partial charge in [0.25, 0.3) is 5.56 Å². The van der Waals surface area contributed by atoms with E-state index in [2.05, 4.69) is 10.9 Å². The summed E-state index contributed by atoms with van der Waals surface area (Å²) in [5.41, 5.74) is 5.89. The molecule has 11 nitrogen and oxygen atoms in total. The Hall–Kier alpha value is -3.11. The third kappa shape index (κ3) is 5.82. The van der Waals surface area contributed by atoms with Gasteiger partial charge in [0.05, 0.1) is 23.8 Å². The van der Waals surface area contributed by atoms with Crippen LogP contribution in [0.4, 0.5) is 11.4 Å². The SMILES string of the molecule is CCCCn1c(O)c(C#N)c(C)c(NNc2ccc(S(=O)(=O)N(CCO)CCO)cc2)c1=O. The minimum atomic E-state index is -3.90. The van der Waals surface area contributed by atoms with Crippen molar-refractivity contribution in [3.05, 3.63) is 45.7 Å². The number of anilines is 2. The number of nitriles is 1. The lowest BCUT2D eigenvalue weighted by Gasteiger charge is -2.20. The first-order chi connectivity index (χ1) is 15.7. The van der Waals surface area contributed by atoms with E-state index < -0.39 is 15.6 Å². The van der Waals surface area contributed by atoms with Crippen molar-refractivity contribution in [3.63, 3.8) is 0 Å². The number of aromatic hydroxyl groups is 1. The lowest BCUT2D eigenvalue weighted by atomic mass is 10.1. The first kappa shape index (κ1) is 26.1. The number of pyridine rings is 1. The molecular weight excluding hydrogens is 450 g/mol. The van der Waals surface area contributed by atoms with Gasteiger partial charge in [-0.3, -0.25) is 14.8 Å². The molecule has 0 unspecified atom stereocenters. The summed E-state index contributed by atoms with van der Waals surface area (Å²) in [7, 11) is -3.90. The largest absolute Gasteiger partial charge is 0.493 e. The summed E-state index contributed by atoms with van der Waals surface area (Å²) in [5, 5.41) is 37.9. The molecule has 0 aliphatic rings. The Labute approximate surface area is 192 Å². The van der Waals surface area contributed by atoms with E-state index in [1.54, 1.807) is 6.92 Å². The normalized spacial score (nSPS) is 11.4. The van der Waals surface area contributed by atoms with E-state index in [4.69, 9.17) is 10.2 Å². The van der Waals surface area contributed by atoms with Crippen molar-refractivity contribution in [1.82, 2.24) is 8.87 Å². The van der Waals surface area contributed by atoms with E-state index in [0.717, 1.165) is 15.3 Å². The smallest absolute Gasteiger partial charge is 0.278 e. The summed E-state index contributed by atoms with van der Waals surface area (Å²) in [6.45, 7) is 2.70. The second kappa shape index (κ2) is 11.7. The molecule has 0 atom stereocenters. The van der Waals surface area contributed by atoms with E-state index in [-0.39, 0.29) is 60.4 Å². The molecule has 5 N–H and O–H groups in total. The zero-order valence-corrected chi connectivity index (χ0v) is 19.4. The Kier molecular flexibility index (Phi) is 9.24. The molecule has 0 fully saturated rings. The van der Waals surface area contributed by atoms with Crippen molar-refractivity contribution in [1.29, 1.82) is 5.26 Å². The molecule has 0 aliphatic carbocycles. The van der Waals surface area contributed by atoms with Crippen LogP contribution in [0.3, 0.4) is 0 Å². The molecule has 0 saturated carbocycles. The van der Waals surface area contributed by atoms with Gasteiger partial charge in [-0.25, -0.2) is 8.42 Å². The van der Waals surface area contributed by atoms with Crippen molar-refractivity contribution in [2.45, 2.75) is 38.1 Å². The van der Waals surface area contributed by atoms with Crippen LogP contribution in [-0.4, -0.2) is 58.9 Å². The van der Waals surface area contributed by atoms with Crippen LogP contribution in [0.25, 0.3) is 0 Å². The van der Waals surface area contributed by atoms with Gasteiger partial charge in [-0.05, 0) is 37.6 Å². The zero-order valence-electron chi connectivity index (χ0n) is 18.6. The third-order valence-corrected chi connectivity index (χ3v) is 6.97. The lowest BCUT2D eigenvalue weighted by molar-refractivity contribution is 0.217. The topological polar surface area (TPSA) is 168 Å². The van der Waals surface area contributed by atoms with Crippen LogP contribution < -0.4 is 16.4 Å². The standard InChI is InChI=1S/C21H29N5O6S/c1-3-4-9-26-20(29)18(14-22)15(2)19(21(26)30)24-23-16-5-7-17(8-6-16)33(31,32)25(10-12-27)11-13-28/h5-8,23-24,27-29H,3-4,9-13H2,1-2H3. The van der Waals surface area contributed by atoms with E-state index in [1.165, 1.54) is 24.3 Å². The summed E-state index contributed by atoms with van der Waals surface area (Å²) in [6, 6.07) is 7.58. The molecule has 0 saturated heterocycles. The van der Waals surface area contributed by atoms with E-state index >= 15 is 0 Å². The van der Waals surface area contributed by atoms with Crippen LogP contribution in [0.5, 0.6) is 5.88 Å². The number of nitrogens with one attached hydrogen (secondary N) is 2. The molecule has 33 heavy (non-hydrogen) atoms. The average Bonchev–Trinajstić information content (AvgIpc) is 2.79. The summed E-state index contributed by atoms with van der Waals surface area (Å²) in [6.07, 6.45) is 1.44. The van der Waals surface area contributed by atoms with Gasteiger partial charge in [-0.1, -0.05) is 13.3 Å². The number of hydrogen-bond acceptors (Lipinski definition) is 9. The fraction of sp³-hybridized carbons (Fsp3) is 0.429. The number of aliphatic hydroxyl groups is 2. The number of aromatic nitrogens is 1. The number of aliphatic hydroxyl groups excluding tert-OH is 2. The van der Waals surface area contributed by atoms with Gasteiger partial charge in [-0.15, -0.1) is 0 Å². The van der Waals surface area contributed by atoms with Gasteiger partial charge < -0.3 is 20.7 Å². The number of sulfonamides is 1. The molecule has 1 aromatic heterocycles. The molecule has 180 valence electrons. The molecular formula is C21H29N5O6S. The molecule has 12 heteroatoms. The highest BCUT2D eigenvalue weighted by Gasteiger charge is 2.23. The van der Waals surface area contributed by atoms with Crippen LogP contribution in [0.2, 0.25) is 0 Å². The summed E-state index contributed by atoms with van der Waals surface area (Å²) < 4.78 is 27.5. The lowest BCUT2D eigenvalue weighted by Crippen LogP contribution is -2.35. The predicted molar refractivity (Wildman–Crippen MR) is 123 cm³/mol. The minimum Gasteiger partial charge on any atom is -0.493 e. The highest BCUT2D eigenvalue weighted by Crippen LogP contribution is 2.24. The monoisotopic (exact) mass is 479 g/mol. The molecule has 2 rings (SSSR count). The van der Waals surface area contributed by atoms with Gasteiger partial charge in [0, 0.05) is 25.2 Å². The number of rotatable bonds is 12. The van der Waals surface area contributed by atoms with Gasteiger partial charge in [0.1, 0.15) is 17.3 Å². The van der Waals surface area contributed by atoms with Crippen LogP contribution >= 0.6 is 0 Å². The van der Waals surface area contributed by atoms with Crippen LogP contribution in [0, 0.1) is 18.3 Å². The first-order valence-electron chi connectivity index (χ1n) is 10.4. The minimum absolute atomic E-state index is 0.00991. The fourth-order valence-corrected chi connectivity index (χ4v) is 4.62. The van der Waals surface area contributed by atoms with Crippen molar-refractivity contribution < 1.29 is 23.7 Å². The highest BCUT2D eigenvalue weighted by atomic mass is 32.2. The quantitative estimate of drug-likeness (QED) is 0.278. The Balaban J connectivity index is 2.29. The summed E-state index contributed by atoms with van der Waals surface area (Å²) in [4.78, 5) is 12.8. The molecule has 0 bridgehead atoms. The molecule has 0 amide bonds. The van der Waals surface area contributed by atoms with Gasteiger partial charge in [-0.2, -0.15) is 9.57 Å². The van der Waals surface area contributed by atoms with E-state index in [0.29, 0.717) is 12.1 Å². The maximum absolute atomic E-state index is 12.9. The molecule has 0 aliphatic heterocycles. The highest BCUT2D eigenvalue weighted by molar-refractivity contribution is 7.89. The second-order valence-corrected chi connectivity index (χ2v) is 9.18. The molecule has 0 radical (unpaired) electrons. The number of unbranched alkanes of at least 4 members (excludes halogenated alkanes) is 1. The maximum atomic E-state index is 12.9. The average molecular weight is 480 g/mol. The van der Waals surface area contributed by atoms with Crippen LogP contribution in [0.15, 0.2) is 34.0 Å². The first-order valence-corrected chi connectivity index (χ1v) is 11.9. The molecule has 1 heterocycles. The third-order valence-electron chi connectivity index (χ3n) is 5.06. The zero-order chi connectivity index (χ0) is 24.6. The van der Waals surface area contributed by atoms with Gasteiger partial charge in [0.15, 0.2) is 0 Å². The van der Waals surface area contributed by atoms with Crippen LogP contribution in [-0.2, 0) is 16.6 Å². The van der Waals surface area contributed by atoms with E-state index in [1.807, 2.05) is 13.0 Å². The molecule has 2 aromatic rings. The predicted octanol–water partition coefficient (Wildman–Crippen LogP) is 0.948. The number of benzene rings is 1. The van der Waals surface area contributed by atoms with Crippen molar-refractivity contribution >= 4 is 21.4 Å². The molecule has 0 spiro atoms. The van der Waals surface area contributed by atoms with Gasteiger partial charge >= 0.3 is 0 Å². The van der Waals surface area contributed by atoms with Crippen molar-refractivity contribution in [2.75, 3.05) is 37.2 Å². The van der Waals surface area contributed by atoms with Crippen molar-refractivity contribution in [2.24, 2.45) is 0 Å². The molecule has 1 aromatic carbocycles. The number of nitrogens with zero attached hydrogens (tertiary/aromatic N) is 3. The van der Waals surface area contributed by atoms with Crippen molar-refractivity contribution in [3.8, 4) is 11.9 Å². The Bertz CT molecular complexity index is 1150. The van der Waals surface area contributed by atoms with Crippen LogP contribution in [0.1, 0.15) is 30.9 Å². The maximum Gasteiger partial charge on any atom is 0.278 e. The summed E-state index contributed by atoms with van der Waals surface area (Å²) >= 11 is 0. The number of hydrogen-bond donors (Lipinski definition) is 5. The Morgan fingerprint density at radius 1 is 1.12 bits per heavy atom. The Morgan fingerprint density at radius 2 is 1.73 bits per heavy atom. The fourth-order valence-electron chi connectivity index (χ4n) is 3.19. The Morgan fingerprint density at radius 3 is 2.24 bits per heavy atom. The second-order valence-electron chi connectivity index (χ2n) is 7.25. The summed E-state index contributed by atoms with van der Waals surface area (Å²) in [5.74, 6) is -0.371. The van der Waals surface area contributed by atoms with E-state index in [9.17, 15) is 23.6 Å².